The Kier molecular flexibility index (Phi) is 8.18. The van der Waals surface area contributed by atoms with Crippen LogP contribution in [-0.4, -0.2) is 46.2 Å². The maximum absolute atomic E-state index is 13.3. The molecule has 3 aromatic carbocycles. The summed E-state index contributed by atoms with van der Waals surface area (Å²) in [4.78, 5) is 16.0. The zero-order chi connectivity index (χ0) is 25.7. The Balaban J connectivity index is 1.51. The highest BCUT2D eigenvalue weighted by Crippen LogP contribution is 2.30. The summed E-state index contributed by atoms with van der Waals surface area (Å²) in [6.07, 6.45) is -5.92. The van der Waals surface area contributed by atoms with E-state index in [1.807, 2.05) is 41.3 Å². The molecule has 0 unspecified atom stereocenters. The molecule has 1 amide bonds. The van der Waals surface area contributed by atoms with Crippen molar-refractivity contribution in [1.82, 2.24) is 9.80 Å². The van der Waals surface area contributed by atoms with Gasteiger partial charge >= 0.3 is 12.3 Å². The summed E-state index contributed by atoms with van der Waals surface area (Å²) in [5.74, 6) is 0. The first-order valence-electron chi connectivity index (χ1n) is 11.5. The molecule has 1 fully saturated rings. The van der Waals surface area contributed by atoms with Gasteiger partial charge < -0.3 is 14.7 Å². The van der Waals surface area contributed by atoms with Crippen LogP contribution in [0.4, 0.5) is 18.0 Å². The van der Waals surface area contributed by atoms with Crippen LogP contribution in [0, 0.1) is 0 Å². The predicted octanol–water partition coefficient (Wildman–Crippen LogP) is 5.74. The number of aliphatic hydroxyl groups excluding tert-OH is 1. The van der Waals surface area contributed by atoms with Crippen LogP contribution >= 0.6 is 11.6 Å². The summed E-state index contributed by atoms with van der Waals surface area (Å²) in [5, 5.41) is 11.4. The van der Waals surface area contributed by atoms with Gasteiger partial charge in [-0.3, -0.25) is 4.90 Å². The fourth-order valence-electron chi connectivity index (χ4n) is 4.33. The van der Waals surface area contributed by atoms with E-state index in [0.29, 0.717) is 17.1 Å². The molecular weight excluding hydrogens is 493 g/mol. The SMILES string of the molecule is O=C(OCc1ccccc1)N1C[C@@H](O)[C@H](N(Cc2cccc(Cl)c2)Cc2cccc(C(F)(F)F)c2)C1. The summed E-state index contributed by atoms with van der Waals surface area (Å²) in [6.45, 7) is 0.811. The molecule has 3 aromatic rings. The lowest BCUT2D eigenvalue weighted by molar-refractivity contribution is -0.137. The molecule has 9 heteroatoms. The number of nitrogens with zero attached hydrogens (tertiary/aromatic N) is 2. The van der Waals surface area contributed by atoms with Crippen molar-refractivity contribution in [2.45, 2.75) is 38.0 Å². The van der Waals surface area contributed by atoms with Crippen LogP contribution in [0.15, 0.2) is 78.9 Å². The summed E-state index contributed by atoms with van der Waals surface area (Å²) in [7, 11) is 0. The Labute approximate surface area is 212 Å². The lowest BCUT2D eigenvalue weighted by atomic mass is 10.1. The van der Waals surface area contributed by atoms with Crippen molar-refractivity contribution < 1.29 is 27.8 Å². The first-order valence-corrected chi connectivity index (χ1v) is 11.8. The van der Waals surface area contributed by atoms with Gasteiger partial charge in [-0.05, 0) is 34.9 Å². The largest absolute Gasteiger partial charge is 0.445 e. The van der Waals surface area contributed by atoms with Crippen LogP contribution in [0.1, 0.15) is 22.3 Å². The van der Waals surface area contributed by atoms with Gasteiger partial charge in [-0.25, -0.2) is 4.79 Å². The Bertz CT molecular complexity index is 1180. The second-order valence-electron chi connectivity index (χ2n) is 8.81. The number of benzene rings is 3. The maximum atomic E-state index is 13.3. The zero-order valence-electron chi connectivity index (χ0n) is 19.4. The van der Waals surface area contributed by atoms with Crippen LogP contribution in [0.25, 0.3) is 0 Å². The standard InChI is InChI=1S/C27H26ClF3N2O3/c28-23-11-5-9-21(13-23)15-32(14-20-8-4-10-22(12-20)27(29,30)31)24-16-33(17-25(24)34)26(35)36-18-19-6-2-1-3-7-19/h1-13,24-25,34H,14-18H2/t24-,25-/m1/s1. The van der Waals surface area contributed by atoms with Gasteiger partial charge in [0.2, 0.25) is 0 Å². The topological polar surface area (TPSA) is 53.0 Å². The predicted molar refractivity (Wildman–Crippen MR) is 130 cm³/mol. The molecule has 2 atom stereocenters. The third kappa shape index (κ3) is 6.78. The van der Waals surface area contributed by atoms with Gasteiger partial charge in [0.25, 0.3) is 0 Å². The van der Waals surface area contributed by atoms with Gasteiger partial charge in [0.15, 0.2) is 0 Å². The molecule has 1 aliphatic rings. The van der Waals surface area contributed by atoms with Gasteiger partial charge in [0.05, 0.1) is 24.3 Å². The summed E-state index contributed by atoms with van der Waals surface area (Å²) < 4.78 is 45.2. The van der Waals surface area contributed by atoms with Crippen LogP contribution in [0.3, 0.4) is 0 Å². The highest BCUT2D eigenvalue weighted by atomic mass is 35.5. The van der Waals surface area contributed by atoms with Crippen molar-refractivity contribution in [2.75, 3.05) is 13.1 Å². The average Bonchev–Trinajstić information content (AvgIpc) is 3.24. The molecule has 190 valence electrons. The molecule has 1 saturated heterocycles. The van der Waals surface area contributed by atoms with E-state index in [1.165, 1.54) is 11.0 Å². The van der Waals surface area contributed by atoms with Crippen LogP contribution in [-0.2, 0) is 30.6 Å². The van der Waals surface area contributed by atoms with Crippen LogP contribution in [0.2, 0.25) is 5.02 Å². The Morgan fingerprint density at radius 1 is 0.944 bits per heavy atom. The minimum atomic E-state index is -4.46. The van der Waals surface area contributed by atoms with Crippen molar-refractivity contribution in [1.29, 1.82) is 0 Å². The second kappa shape index (κ2) is 11.3. The molecule has 36 heavy (non-hydrogen) atoms. The Morgan fingerprint density at radius 3 is 2.25 bits per heavy atom. The molecule has 5 nitrogen and oxygen atoms in total. The first-order chi connectivity index (χ1) is 17.2. The number of likely N-dealkylation sites (tertiary alicyclic amines) is 1. The van der Waals surface area contributed by atoms with Crippen molar-refractivity contribution in [3.05, 3.63) is 106 Å². The highest BCUT2D eigenvalue weighted by molar-refractivity contribution is 6.30. The lowest BCUT2D eigenvalue weighted by Gasteiger charge is -2.31. The third-order valence-electron chi connectivity index (χ3n) is 6.11. The first kappa shape index (κ1) is 26.0. The quantitative estimate of drug-likeness (QED) is 0.433. The summed E-state index contributed by atoms with van der Waals surface area (Å²) in [5.41, 5.74) is 1.39. The van der Waals surface area contributed by atoms with E-state index in [0.717, 1.165) is 23.3 Å². The summed E-state index contributed by atoms with van der Waals surface area (Å²) in [6, 6.07) is 21.0. The number of alkyl halides is 3. The van der Waals surface area contributed by atoms with Crippen molar-refractivity contribution in [3.63, 3.8) is 0 Å². The molecule has 0 saturated carbocycles. The monoisotopic (exact) mass is 518 g/mol. The second-order valence-corrected chi connectivity index (χ2v) is 9.25. The highest BCUT2D eigenvalue weighted by Gasteiger charge is 2.39. The Morgan fingerprint density at radius 2 is 1.58 bits per heavy atom. The smallest absolute Gasteiger partial charge is 0.416 e. The number of carbonyl (C=O) groups is 1. The number of ether oxygens (including phenoxy) is 1. The molecule has 0 aromatic heterocycles. The van der Waals surface area contributed by atoms with Gasteiger partial charge in [0.1, 0.15) is 6.61 Å². The molecule has 1 aliphatic heterocycles. The molecule has 1 heterocycles. The van der Waals surface area contributed by atoms with Crippen LogP contribution in [0.5, 0.6) is 0 Å². The molecule has 1 N–H and O–H groups in total. The van der Waals surface area contributed by atoms with Gasteiger partial charge in [-0.2, -0.15) is 13.2 Å². The van der Waals surface area contributed by atoms with Crippen molar-refractivity contribution in [2.24, 2.45) is 0 Å². The number of amides is 1. The fraction of sp³-hybridized carbons (Fsp3) is 0.296. The molecular formula is C27H26ClF3N2O3. The van der Waals surface area contributed by atoms with E-state index in [-0.39, 0.29) is 26.2 Å². The van der Waals surface area contributed by atoms with E-state index in [9.17, 15) is 23.1 Å². The van der Waals surface area contributed by atoms with E-state index >= 15 is 0 Å². The van der Waals surface area contributed by atoms with Crippen molar-refractivity contribution >= 4 is 17.7 Å². The minimum absolute atomic E-state index is 0.0624. The van der Waals surface area contributed by atoms with Gasteiger partial charge in [0, 0.05) is 24.7 Å². The van der Waals surface area contributed by atoms with E-state index in [1.54, 1.807) is 24.3 Å². The van der Waals surface area contributed by atoms with E-state index in [4.69, 9.17) is 16.3 Å². The van der Waals surface area contributed by atoms with E-state index in [2.05, 4.69) is 0 Å². The lowest BCUT2D eigenvalue weighted by Crippen LogP contribution is -2.42. The average molecular weight is 519 g/mol. The number of halogens is 4. The summed E-state index contributed by atoms with van der Waals surface area (Å²) >= 11 is 6.14. The minimum Gasteiger partial charge on any atom is -0.445 e. The third-order valence-corrected chi connectivity index (χ3v) is 6.34. The van der Waals surface area contributed by atoms with Gasteiger partial charge in [-0.15, -0.1) is 0 Å². The maximum Gasteiger partial charge on any atom is 0.416 e. The number of hydrogen-bond acceptors (Lipinski definition) is 4. The fourth-order valence-corrected chi connectivity index (χ4v) is 4.54. The molecule has 0 aliphatic carbocycles. The number of aliphatic hydroxyl groups is 1. The Hall–Kier alpha value is -3.07. The number of β-amino-alcohol motifs (C(OH)–C–C–N with tert-alkyl or cyclic N) is 1. The van der Waals surface area contributed by atoms with E-state index < -0.39 is 30.0 Å². The van der Waals surface area contributed by atoms with Crippen molar-refractivity contribution in [3.8, 4) is 0 Å². The molecule has 0 radical (unpaired) electrons. The number of hydrogen-bond donors (Lipinski definition) is 1. The zero-order valence-corrected chi connectivity index (χ0v) is 20.1. The normalized spacial score (nSPS) is 18.0. The molecule has 4 rings (SSSR count). The van der Waals surface area contributed by atoms with Crippen LogP contribution < -0.4 is 0 Å². The molecule has 0 spiro atoms. The number of carbonyl (C=O) groups excluding carboxylic acids is 1. The molecule has 0 bridgehead atoms. The number of rotatable bonds is 7. The van der Waals surface area contributed by atoms with Gasteiger partial charge in [-0.1, -0.05) is 72.3 Å².